The van der Waals surface area contributed by atoms with Gasteiger partial charge in [0.1, 0.15) is 0 Å². The molecule has 0 unspecified atom stereocenters. The van der Waals surface area contributed by atoms with E-state index in [9.17, 15) is 4.79 Å². The van der Waals surface area contributed by atoms with Gasteiger partial charge in [-0.05, 0) is 46.6 Å². The number of benzene rings is 1. The summed E-state index contributed by atoms with van der Waals surface area (Å²) >= 11 is 12.4. The van der Waals surface area contributed by atoms with Crippen molar-refractivity contribution in [3.05, 3.63) is 66.2 Å². The van der Waals surface area contributed by atoms with Gasteiger partial charge in [0.25, 0.3) is 5.91 Å². The van der Waals surface area contributed by atoms with Crippen LogP contribution in [0.5, 0.6) is 0 Å². The number of hydrogen-bond acceptors (Lipinski definition) is 5. The SMILES string of the molecule is Cc1ccc(CNC(=O)c2nnc(/C(Cl)=C/c3ccc(Br)s3)s2)cc1. The Kier molecular flexibility index (Phi) is 6.01. The van der Waals surface area contributed by atoms with E-state index in [2.05, 4.69) is 31.4 Å². The maximum absolute atomic E-state index is 12.2. The quantitative estimate of drug-likeness (QED) is 0.566. The lowest BCUT2D eigenvalue weighted by Gasteiger charge is -2.03. The van der Waals surface area contributed by atoms with Gasteiger partial charge < -0.3 is 5.32 Å². The van der Waals surface area contributed by atoms with Crippen molar-refractivity contribution in [2.45, 2.75) is 13.5 Å². The van der Waals surface area contributed by atoms with Crippen LogP contribution in [0.25, 0.3) is 11.1 Å². The summed E-state index contributed by atoms with van der Waals surface area (Å²) in [6.07, 6.45) is 1.81. The molecule has 0 saturated carbocycles. The molecule has 128 valence electrons. The van der Waals surface area contributed by atoms with Crippen molar-refractivity contribution in [3.8, 4) is 0 Å². The Morgan fingerprint density at radius 1 is 1.16 bits per heavy atom. The van der Waals surface area contributed by atoms with Crippen molar-refractivity contribution in [1.29, 1.82) is 0 Å². The molecule has 8 heteroatoms. The monoisotopic (exact) mass is 453 g/mol. The largest absolute Gasteiger partial charge is 0.346 e. The molecule has 0 bridgehead atoms. The minimum Gasteiger partial charge on any atom is -0.346 e. The van der Waals surface area contributed by atoms with Crippen LogP contribution >= 0.6 is 50.2 Å². The minimum atomic E-state index is -0.257. The predicted octanol–water partition coefficient (Wildman–Crippen LogP) is 5.34. The number of halogens is 2. The molecule has 0 radical (unpaired) electrons. The van der Waals surface area contributed by atoms with Gasteiger partial charge in [-0.2, -0.15) is 0 Å². The predicted molar refractivity (Wildman–Crippen MR) is 108 cm³/mol. The fourth-order valence-corrected chi connectivity index (χ4v) is 4.34. The average molecular weight is 455 g/mol. The standard InChI is InChI=1S/C17H13BrClN3OS2/c1-10-2-4-11(5-3-10)9-20-15(23)17-22-21-16(25-17)13(19)8-12-6-7-14(18)24-12/h2-8H,9H2,1H3,(H,20,23)/b13-8-. The Labute approximate surface area is 166 Å². The molecule has 0 atom stereocenters. The van der Waals surface area contributed by atoms with Crippen LogP contribution in [0.3, 0.4) is 0 Å². The highest BCUT2D eigenvalue weighted by Crippen LogP contribution is 2.29. The number of amides is 1. The fraction of sp³-hybridized carbons (Fsp3) is 0.118. The first-order valence-electron chi connectivity index (χ1n) is 7.31. The summed E-state index contributed by atoms with van der Waals surface area (Å²) in [5.74, 6) is -0.257. The zero-order valence-corrected chi connectivity index (χ0v) is 17.1. The van der Waals surface area contributed by atoms with Gasteiger partial charge in [-0.15, -0.1) is 21.5 Å². The van der Waals surface area contributed by atoms with Gasteiger partial charge in [0.05, 0.1) is 8.82 Å². The first-order chi connectivity index (χ1) is 12.0. The molecule has 3 rings (SSSR count). The fourth-order valence-electron chi connectivity index (χ4n) is 1.97. The summed E-state index contributed by atoms with van der Waals surface area (Å²) in [5, 5.41) is 12.1. The summed E-state index contributed by atoms with van der Waals surface area (Å²) in [5.41, 5.74) is 2.22. The van der Waals surface area contributed by atoms with Crippen molar-refractivity contribution >= 4 is 67.2 Å². The van der Waals surface area contributed by atoms with E-state index in [1.807, 2.05) is 49.4 Å². The van der Waals surface area contributed by atoms with Gasteiger partial charge >= 0.3 is 0 Å². The molecule has 4 nitrogen and oxygen atoms in total. The van der Waals surface area contributed by atoms with Gasteiger partial charge in [0.15, 0.2) is 5.01 Å². The maximum Gasteiger partial charge on any atom is 0.282 e. The van der Waals surface area contributed by atoms with Gasteiger partial charge in [-0.1, -0.05) is 52.8 Å². The molecule has 3 aromatic rings. The molecule has 2 aromatic heterocycles. The number of nitrogens with zero attached hydrogens (tertiary/aromatic N) is 2. The van der Waals surface area contributed by atoms with Crippen LogP contribution in [-0.2, 0) is 6.54 Å². The van der Waals surface area contributed by atoms with Gasteiger partial charge in [-0.25, -0.2) is 0 Å². The second-order valence-corrected chi connectivity index (χ2v) is 9.09. The first-order valence-corrected chi connectivity index (χ1v) is 10.1. The summed E-state index contributed by atoms with van der Waals surface area (Å²) in [4.78, 5) is 13.2. The normalized spacial score (nSPS) is 11.6. The van der Waals surface area contributed by atoms with Crippen molar-refractivity contribution in [2.75, 3.05) is 0 Å². The molecule has 1 amide bonds. The number of carbonyl (C=O) groups is 1. The van der Waals surface area contributed by atoms with Crippen LogP contribution in [-0.4, -0.2) is 16.1 Å². The lowest BCUT2D eigenvalue weighted by molar-refractivity contribution is 0.0950. The van der Waals surface area contributed by atoms with E-state index in [1.165, 1.54) is 16.9 Å². The second kappa shape index (κ2) is 8.23. The smallest absolute Gasteiger partial charge is 0.282 e. The van der Waals surface area contributed by atoms with Gasteiger partial charge in [0.2, 0.25) is 5.01 Å². The average Bonchev–Trinajstić information content (AvgIpc) is 3.23. The van der Waals surface area contributed by atoms with Crippen LogP contribution in [0.15, 0.2) is 40.2 Å². The Hall–Kier alpha value is -1.54. The number of carbonyl (C=O) groups excluding carboxylic acids is 1. The number of aryl methyl sites for hydroxylation is 1. The van der Waals surface area contributed by atoms with Crippen molar-refractivity contribution < 1.29 is 4.79 Å². The molecular formula is C17H13BrClN3OS2. The Morgan fingerprint density at radius 3 is 2.56 bits per heavy atom. The Morgan fingerprint density at radius 2 is 1.88 bits per heavy atom. The third kappa shape index (κ3) is 4.98. The molecule has 0 aliphatic carbocycles. The Bertz CT molecular complexity index is 918. The molecule has 0 saturated heterocycles. The summed E-state index contributed by atoms with van der Waals surface area (Å²) in [6.45, 7) is 2.47. The third-order valence-electron chi connectivity index (χ3n) is 3.26. The highest BCUT2D eigenvalue weighted by molar-refractivity contribution is 9.11. The Balaban J connectivity index is 1.64. The number of nitrogens with one attached hydrogen (secondary N) is 1. The summed E-state index contributed by atoms with van der Waals surface area (Å²) < 4.78 is 1.02. The highest BCUT2D eigenvalue weighted by atomic mass is 79.9. The van der Waals surface area contributed by atoms with Gasteiger partial charge in [-0.3, -0.25) is 4.79 Å². The highest BCUT2D eigenvalue weighted by Gasteiger charge is 2.14. The molecule has 0 fully saturated rings. The van der Waals surface area contributed by atoms with Crippen molar-refractivity contribution in [3.63, 3.8) is 0 Å². The number of rotatable bonds is 5. The number of aromatic nitrogens is 2. The number of hydrogen-bond donors (Lipinski definition) is 1. The van der Waals surface area contributed by atoms with Gasteiger partial charge in [0, 0.05) is 11.4 Å². The van der Waals surface area contributed by atoms with Crippen molar-refractivity contribution in [2.24, 2.45) is 0 Å². The lowest BCUT2D eigenvalue weighted by atomic mass is 10.1. The molecule has 0 spiro atoms. The van der Waals surface area contributed by atoms with Crippen molar-refractivity contribution in [1.82, 2.24) is 15.5 Å². The summed E-state index contributed by atoms with van der Waals surface area (Å²) in [7, 11) is 0. The third-order valence-corrected chi connectivity index (χ3v) is 6.19. The van der Waals surface area contributed by atoms with Crippen LogP contribution in [0.2, 0.25) is 0 Å². The van der Waals surface area contributed by atoms with Crippen LogP contribution in [0.1, 0.15) is 30.8 Å². The van der Waals surface area contributed by atoms with E-state index in [0.29, 0.717) is 21.6 Å². The number of thiophene rings is 1. The van der Waals surface area contributed by atoms with E-state index in [4.69, 9.17) is 11.6 Å². The summed E-state index contributed by atoms with van der Waals surface area (Å²) in [6, 6.07) is 11.9. The van der Waals surface area contributed by atoms with E-state index in [-0.39, 0.29) is 5.91 Å². The molecule has 2 heterocycles. The zero-order chi connectivity index (χ0) is 17.8. The van der Waals surface area contributed by atoms with Crippen LogP contribution in [0.4, 0.5) is 0 Å². The molecule has 1 aromatic carbocycles. The van der Waals surface area contributed by atoms with Crippen LogP contribution in [0, 0.1) is 6.92 Å². The maximum atomic E-state index is 12.2. The molecule has 0 aliphatic rings. The zero-order valence-electron chi connectivity index (χ0n) is 13.1. The lowest BCUT2D eigenvalue weighted by Crippen LogP contribution is -2.22. The van der Waals surface area contributed by atoms with Crippen LogP contribution < -0.4 is 5.32 Å². The first kappa shape index (κ1) is 18.3. The van der Waals surface area contributed by atoms with E-state index in [1.54, 1.807) is 11.3 Å². The van der Waals surface area contributed by atoms with E-state index >= 15 is 0 Å². The van der Waals surface area contributed by atoms with E-state index in [0.717, 1.165) is 14.2 Å². The molecule has 0 aliphatic heterocycles. The molecule has 25 heavy (non-hydrogen) atoms. The topological polar surface area (TPSA) is 54.9 Å². The molecular weight excluding hydrogens is 442 g/mol. The second-order valence-electron chi connectivity index (χ2n) is 5.21. The van der Waals surface area contributed by atoms with E-state index < -0.39 is 0 Å². The molecule has 1 N–H and O–H groups in total. The minimum absolute atomic E-state index is 0.257.